The molecule has 0 aromatic carbocycles. The fourth-order valence-corrected chi connectivity index (χ4v) is 3.19. The van der Waals surface area contributed by atoms with E-state index in [2.05, 4.69) is 35.6 Å². The number of anilines is 2. The van der Waals surface area contributed by atoms with Crippen molar-refractivity contribution in [3.8, 4) is 11.5 Å². The molecule has 0 aliphatic rings. The van der Waals surface area contributed by atoms with E-state index in [1.165, 1.54) is 6.33 Å². The first-order chi connectivity index (χ1) is 11.3. The Morgan fingerprint density at radius 2 is 2.00 bits per heavy atom. The van der Waals surface area contributed by atoms with Crippen LogP contribution in [0.5, 0.6) is 0 Å². The van der Waals surface area contributed by atoms with Gasteiger partial charge in [-0.25, -0.2) is 19.9 Å². The quantitative estimate of drug-likeness (QED) is 0.621. The van der Waals surface area contributed by atoms with Crippen LogP contribution < -0.4 is 5.32 Å². The zero-order chi connectivity index (χ0) is 15.6. The third-order valence-corrected chi connectivity index (χ3v) is 4.33. The number of pyridine rings is 1. The summed E-state index contributed by atoms with van der Waals surface area (Å²) in [6, 6.07) is 7.50. The van der Waals surface area contributed by atoms with E-state index in [9.17, 15) is 0 Å². The fourth-order valence-electron chi connectivity index (χ4n) is 2.27. The number of nitrogens with zero attached hydrogens (tertiary/aromatic N) is 5. The topological polar surface area (TPSA) is 76.5 Å². The van der Waals surface area contributed by atoms with E-state index in [1.807, 2.05) is 25.1 Å². The molecule has 0 spiro atoms. The lowest BCUT2D eigenvalue weighted by Gasteiger charge is -2.08. The maximum Gasteiger partial charge on any atom is 0.181 e. The molecule has 112 valence electrons. The van der Waals surface area contributed by atoms with E-state index in [1.54, 1.807) is 29.8 Å². The van der Waals surface area contributed by atoms with Crippen LogP contribution in [0.15, 0.2) is 48.4 Å². The molecule has 4 rings (SSSR count). The van der Waals surface area contributed by atoms with Crippen LogP contribution in [0.1, 0.15) is 5.56 Å². The molecule has 6 nitrogen and oxygen atoms in total. The maximum absolute atomic E-state index is 4.66. The van der Waals surface area contributed by atoms with Gasteiger partial charge in [-0.3, -0.25) is 4.98 Å². The number of nitrogens with one attached hydrogen (secondary N) is 1. The molecule has 4 aromatic heterocycles. The van der Waals surface area contributed by atoms with Crippen molar-refractivity contribution in [1.82, 2.24) is 24.9 Å². The second-order valence-electron chi connectivity index (χ2n) is 4.93. The van der Waals surface area contributed by atoms with Gasteiger partial charge < -0.3 is 5.32 Å². The molecule has 0 saturated heterocycles. The van der Waals surface area contributed by atoms with Crippen LogP contribution in [0.25, 0.3) is 21.7 Å². The summed E-state index contributed by atoms with van der Waals surface area (Å²) in [5.41, 5.74) is 1.88. The summed E-state index contributed by atoms with van der Waals surface area (Å²) in [7, 11) is 0. The van der Waals surface area contributed by atoms with Gasteiger partial charge in [-0.05, 0) is 36.1 Å². The molecular formula is C16H12N6S. The van der Waals surface area contributed by atoms with E-state index < -0.39 is 0 Å². The number of fused-ring (bicyclic) bond motifs is 1. The minimum Gasteiger partial charge on any atom is -0.324 e. The zero-order valence-corrected chi connectivity index (χ0v) is 13.1. The molecule has 0 fully saturated rings. The van der Waals surface area contributed by atoms with Crippen molar-refractivity contribution in [3.05, 3.63) is 53.9 Å². The Labute approximate surface area is 136 Å². The van der Waals surface area contributed by atoms with Gasteiger partial charge in [0.2, 0.25) is 0 Å². The minimum absolute atomic E-state index is 0.594. The Morgan fingerprint density at radius 3 is 2.78 bits per heavy atom. The molecule has 7 heteroatoms. The Kier molecular flexibility index (Phi) is 3.39. The Morgan fingerprint density at radius 1 is 1.04 bits per heavy atom. The van der Waals surface area contributed by atoms with Gasteiger partial charge in [0.1, 0.15) is 28.5 Å². The van der Waals surface area contributed by atoms with Crippen molar-refractivity contribution in [2.75, 3.05) is 5.32 Å². The number of hydrogen-bond donors (Lipinski definition) is 1. The van der Waals surface area contributed by atoms with Crippen LogP contribution in [-0.2, 0) is 0 Å². The van der Waals surface area contributed by atoms with Crippen LogP contribution >= 0.6 is 11.3 Å². The molecule has 23 heavy (non-hydrogen) atoms. The van der Waals surface area contributed by atoms with Crippen LogP contribution in [0.3, 0.4) is 0 Å². The van der Waals surface area contributed by atoms with E-state index in [0.29, 0.717) is 11.6 Å². The first kappa shape index (κ1) is 13.7. The first-order valence-electron chi connectivity index (χ1n) is 7.01. The Balaban J connectivity index is 1.88. The van der Waals surface area contributed by atoms with Crippen LogP contribution in [0.2, 0.25) is 0 Å². The molecule has 0 unspecified atom stereocenters. The summed E-state index contributed by atoms with van der Waals surface area (Å²) >= 11 is 1.60. The second kappa shape index (κ2) is 5.69. The smallest absolute Gasteiger partial charge is 0.181 e. The van der Waals surface area contributed by atoms with Gasteiger partial charge in [-0.15, -0.1) is 11.3 Å². The lowest BCUT2D eigenvalue weighted by molar-refractivity contribution is 1.14. The third kappa shape index (κ3) is 2.62. The van der Waals surface area contributed by atoms with Crippen molar-refractivity contribution in [2.24, 2.45) is 0 Å². The van der Waals surface area contributed by atoms with Crippen molar-refractivity contribution in [2.45, 2.75) is 6.92 Å². The molecule has 4 heterocycles. The van der Waals surface area contributed by atoms with Gasteiger partial charge in [-0.1, -0.05) is 6.07 Å². The molecule has 0 atom stereocenters. The van der Waals surface area contributed by atoms with Crippen LogP contribution in [-0.4, -0.2) is 24.9 Å². The average Bonchev–Trinajstić information content (AvgIpc) is 2.98. The summed E-state index contributed by atoms with van der Waals surface area (Å²) in [5, 5.41) is 6.34. The molecule has 0 aliphatic heterocycles. The zero-order valence-electron chi connectivity index (χ0n) is 12.3. The average molecular weight is 320 g/mol. The third-order valence-electron chi connectivity index (χ3n) is 3.34. The molecular weight excluding hydrogens is 308 g/mol. The Bertz CT molecular complexity index is 952. The standard InChI is InChI=1S/C16H12N6S/c1-10-8-23-16-13(10)15(20-12-5-7-17-9-19-12)21-14(22-16)11-4-2-3-6-18-11/h2-9H,1H3,(H,17,19,20,21,22). The molecule has 4 aromatic rings. The second-order valence-corrected chi connectivity index (χ2v) is 5.79. The highest BCUT2D eigenvalue weighted by molar-refractivity contribution is 7.17. The normalized spacial score (nSPS) is 10.8. The number of thiophene rings is 1. The van der Waals surface area contributed by atoms with Gasteiger partial charge in [0.25, 0.3) is 0 Å². The summed E-state index contributed by atoms with van der Waals surface area (Å²) in [6.45, 7) is 2.05. The lowest BCUT2D eigenvalue weighted by Crippen LogP contribution is -2.00. The number of aromatic nitrogens is 5. The van der Waals surface area contributed by atoms with E-state index in [0.717, 1.165) is 27.3 Å². The largest absolute Gasteiger partial charge is 0.324 e. The highest BCUT2D eigenvalue weighted by Crippen LogP contribution is 2.32. The van der Waals surface area contributed by atoms with Crippen LogP contribution in [0, 0.1) is 6.92 Å². The van der Waals surface area contributed by atoms with E-state index >= 15 is 0 Å². The minimum atomic E-state index is 0.594. The van der Waals surface area contributed by atoms with E-state index in [4.69, 9.17) is 0 Å². The summed E-state index contributed by atoms with van der Waals surface area (Å²) < 4.78 is 0. The van der Waals surface area contributed by atoms with Gasteiger partial charge in [0.15, 0.2) is 5.82 Å². The van der Waals surface area contributed by atoms with E-state index in [-0.39, 0.29) is 0 Å². The number of hydrogen-bond acceptors (Lipinski definition) is 7. The summed E-state index contributed by atoms with van der Waals surface area (Å²) in [6.07, 6.45) is 4.93. The molecule has 1 N–H and O–H groups in total. The highest BCUT2D eigenvalue weighted by Gasteiger charge is 2.14. The van der Waals surface area contributed by atoms with Gasteiger partial charge in [0, 0.05) is 12.4 Å². The molecule has 0 aliphatic carbocycles. The van der Waals surface area contributed by atoms with Crippen molar-refractivity contribution >= 4 is 33.2 Å². The molecule has 0 bridgehead atoms. The SMILES string of the molecule is Cc1csc2nc(-c3ccccn3)nc(Nc3ccncn3)c12. The number of rotatable bonds is 3. The van der Waals surface area contributed by atoms with Gasteiger partial charge in [-0.2, -0.15) is 0 Å². The summed E-state index contributed by atoms with van der Waals surface area (Å²) in [5.74, 6) is 2.02. The van der Waals surface area contributed by atoms with Gasteiger partial charge >= 0.3 is 0 Å². The predicted molar refractivity (Wildman–Crippen MR) is 90.7 cm³/mol. The lowest BCUT2D eigenvalue weighted by atomic mass is 10.2. The maximum atomic E-state index is 4.66. The first-order valence-corrected chi connectivity index (χ1v) is 7.89. The predicted octanol–water partition coefficient (Wildman–Crippen LogP) is 3.60. The molecule has 0 radical (unpaired) electrons. The monoisotopic (exact) mass is 320 g/mol. The van der Waals surface area contributed by atoms with Crippen molar-refractivity contribution in [1.29, 1.82) is 0 Å². The molecule has 0 saturated carbocycles. The molecule has 0 amide bonds. The van der Waals surface area contributed by atoms with Crippen molar-refractivity contribution < 1.29 is 0 Å². The van der Waals surface area contributed by atoms with Crippen molar-refractivity contribution in [3.63, 3.8) is 0 Å². The highest BCUT2D eigenvalue weighted by atomic mass is 32.1. The van der Waals surface area contributed by atoms with Gasteiger partial charge in [0.05, 0.1) is 5.39 Å². The fraction of sp³-hybridized carbons (Fsp3) is 0.0625. The van der Waals surface area contributed by atoms with Crippen LogP contribution in [0.4, 0.5) is 11.6 Å². The Hall–Kier alpha value is -2.93. The number of aryl methyl sites for hydroxylation is 1. The summed E-state index contributed by atoms with van der Waals surface area (Å²) in [4.78, 5) is 22.7.